The minimum atomic E-state index is 0. The van der Waals surface area contributed by atoms with Crippen LogP contribution in [0.4, 0.5) is 0 Å². The maximum absolute atomic E-state index is 12.5. The van der Waals surface area contributed by atoms with Gasteiger partial charge in [0.25, 0.3) is 0 Å². The second-order valence-electron chi connectivity index (χ2n) is 6.16. The number of hydrogen-bond acceptors (Lipinski definition) is 4. The Hall–Kier alpha value is -0.0700. The second-order valence-corrected chi connectivity index (χ2v) is 6.16. The number of carbonyl (C=O) groups is 1. The fourth-order valence-corrected chi connectivity index (χ4v) is 2.64. The average Bonchev–Trinajstić information content (AvgIpc) is 2.47. The molecule has 1 amide bonds. The molecule has 1 heterocycles. The quantitative estimate of drug-likeness (QED) is 0.673. The summed E-state index contributed by atoms with van der Waals surface area (Å²) < 4.78 is 5.65. The Morgan fingerprint density at radius 3 is 2.35 bits per heavy atom. The Bertz CT molecular complexity index is 297. The van der Waals surface area contributed by atoms with E-state index in [9.17, 15) is 4.79 Å². The molecule has 1 saturated heterocycles. The molecule has 7 heteroatoms. The molecule has 0 aromatic heterocycles. The predicted octanol–water partition coefficient (Wildman–Crippen LogP) is 2.03. The number of halogens is 2. The SMILES string of the molecule is CCN(CC)CCN(CC(C)C)C(=O)CC1CNCCO1.Cl.Cl. The van der Waals surface area contributed by atoms with Crippen LogP contribution < -0.4 is 5.32 Å². The molecule has 1 N–H and O–H groups in total. The summed E-state index contributed by atoms with van der Waals surface area (Å²) in [5.74, 6) is 0.723. The van der Waals surface area contributed by atoms with Crippen LogP contribution in [0.3, 0.4) is 0 Å². The van der Waals surface area contributed by atoms with Crippen molar-refractivity contribution in [2.75, 3.05) is 52.4 Å². The zero-order valence-corrected chi connectivity index (χ0v) is 16.7. The fraction of sp³-hybridized carbons (Fsp3) is 0.938. The van der Waals surface area contributed by atoms with E-state index >= 15 is 0 Å². The monoisotopic (exact) mass is 371 g/mol. The lowest BCUT2D eigenvalue weighted by Gasteiger charge is -2.30. The van der Waals surface area contributed by atoms with Crippen molar-refractivity contribution in [2.45, 2.75) is 40.2 Å². The Balaban J connectivity index is 0. The van der Waals surface area contributed by atoms with Crippen molar-refractivity contribution in [2.24, 2.45) is 5.92 Å². The molecule has 23 heavy (non-hydrogen) atoms. The molecule has 0 radical (unpaired) electrons. The molecule has 1 fully saturated rings. The molecule has 0 aromatic rings. The lowest BCUT2D eigenvalue weighted by atomic mass is 10.1. The summed E-state index contributed by atoms with van der Waals surface area (Å²) >= 11 is 0. The maximum atomic E-state index is 12.5. The molecule has 1 rings (SSSR count). The van der Waals surface area contributed by atoms with Gasteiger partial charge in [0.05, 0.1) is 19.1 Å². The van der Waals surface area contributed by atoms with E-state index in [1.165, 1.54) is 0 Å². The zero-order chi connectivity index (χ0) is 15.7. The lowest BCUT2D eigenvalue weighted by molar-refractivity contribution is -0.135. The molecule has 1 unspecified atom stereocenters. The fourth-order valence-electron chi connectivity index (χ4n) is 2.64. The number of nitrogens with one attached hydrogen (secondary N) is 1. The summed E-state index contributed by atoms with van der Waals surface area (Å²) in [5, 5.41) is 3.28. The van der Waals surface area contributed by atoms with Crippen LogP contribution in [0, 0.1) is 5.92 Å². The largest absolute Gasteiger partial charge is 0.375 e. The minimum absolute atomic E-state index is 0. The lowest BCUT2D eigenvalue weighted by Crippen LogP contribution is -2.45. The third-order valence-electron chi connectivity index (χ3n) is 3.93. The van der Waals surface area contributed by atoms with E-state index in [2.05, 4.69) is 37.9 Å². The van der Waals surface area contributed by atoms with Crippen molar-refractivity contribution in [1.29, 1.82) is 0 Å². The molecule has 1 aliphatic heterocycles. The van der Waals surface area contributed by atoms with E-state index in [0.717, 1.165) is 45.8 Å². The number of ether oxygens (including phenoxy) is 1. The number of carbonyl (C=O) groups excluding carboxylic acids is 1. The van der Waals surface area contributed by atoms with Crippen molar-refractivity contribution >= 4 is 30.7 Å². The number of nitrogens with zero attached hydrogens (tertiary/aromatic N) is 2. The summed E-state index contributed by atoms with van der Waals surface area (Å²) in [7, 11) is 0. The highest BCUT2D eigenvalue weighted by molar-refractivity contribution is 5.85. The van der Waals surface area contributed by atoms with Gasteiger partial charge in [0, 0.05) is 32.7 Å². The number of likely N-dealkylation sites (N-methyl/N-ethyl adjacent to an activating group) is 1. The van der Waals surface area contributed by atoms with Gasteiger partial charge in [0.1, 0.15) is 0 Å². The first-order valence-corrected chi connectivity index (χ1v) is 8.39. The highest BCUT2D eigenvalue weighted by Gasteiger charge is 2.22. The molecule has 0 aliphatic carbocycles. The van der Waals surface area contributed by atoms with Crippen LogP contribution in [0.5, 0.6) is 0 Å². The van der Waals surface area contributed by atoms with Gasteiger partial charge in [-0.15, -0.1) is 24.8 Å². The Labute approximate surface area is 154 Å². The number of hydrogen-bond donors (Lipinski definition) is 1. The average molecular weight is 372 g/mol. The van der Waals surface area contributed by atoms with E-state index in [-0.39, 0.29) is 36.8 Å². The van der Waals surface area contributed by atoms with Crippen LogP contribution in [0.15, 0.2) is 0 Å². The van der Waals surface area contributed by atoms with Gasteiger partial charge in [0.2, 0.25) is 5.91 Å². The standard InChI is InChI=1S/C16H33N3O2.2ClH/c1-5-18(6-2)8-9-19(13-14(3)4)16(20)11-15-12-17-7-10-21-15;;/h14-15,17H,5-13H2,1-4H3;2*1H. The first kappa shape index (κ1) is 25.2. The number of amides is 1. The topological polar surface area (TPSA) is 44.8 Å². The van der Waals surface area contributed by atoms with Crippen LogP contribution in [0.25, 0.3) is 0 Å². The van der Waals surface area contributed by atoms with E-state index in [0.29, 0.717) is 18.9 Å². The Morgan fingerprint density at radius 1 is 1.22 bits per heavy atom. The van der Waals surface area contributed by atoms with Crippen molar-refractivity contribution in [3.8, 4) is 0 Å². The van der Waals surface area contributed by atoms with Gasteiger partial charge in [-0.05, 0) is 19.0 Å². The molecule has 0 spiro atoms. The summed E-state index contributed by atoms with van der Waals surface area (Å²) in [5.41, 5.74) is 0. The molecular formula is C16H35Cl2N3O2. The van der Waals surface area contributed by atoms with Gasteiger partial charge in [-0.25, -0.2) is 0 Å². The van der Waals surface area contributed by atoms with Crippen LogP contribution in [0.2, 0.25) is 0 Å². The van der Waals surface area contributed by atoms with Crippen molar-refractivity contribution in [1.82, 2.24) is 15.1 Å². The van der Waals surface area contributed by atoms with E-state index in [1.807, 2.05) is 4.90 Å². The van der Waals surface area contributed by atoms with Crippen LogP contribution in [-0.4, -0.2) is 74.2 Å². The van der Waals surface area contributed by atoms with E-state index in [4.69, 9.17) is 4.74 Å². The smallest absolute Gasteiger partial charge is 0.225 e. The van der Waals surface area contributed by atoms with Crippen LogP contribution in [-0.2, 0) is 9.53 Å². The summed E-state index contributed by atoms with van der Waals surface area (Å²) in [6, 6.07) is 0. The van der Waals surface area contributed by atoms with Crippen LogP contribution in [0.1, 0.15) is 34.1 Å². The molecule has 0 saturated carbocycles. The number of rotatable bonds is 9. The maximum Gasteiger partial charge on any atom is 0.225 e. The second kappa shape index (κ2) is 14.3. The van der Waals surface area contributed by atoms with Gasteiger partial charge in [0.15, 0.2) is 0 Å². The molecule has 0 aromatic carbocycles. The Morgan fingerprint density at radius 2 is 1.87 bits per heavy atom. The van der Waals surface area contributed by atoms with Crippen molar-refractivity contribution in [3.05, 3.63) is 0 Å². The zero-order valence-electron chi connectivity index (χ0n) is 15.0. The van der Waals surface area contributed by atoms with Gasteiger partial charge >= 0.3 is 0 Å². The molecule has 1 atom stereocenters. The first-order valence-electron chi connectivity index (χ1n) is 8.39. The van der Waals surface area contributed by atoms with Crippen molar-refractivity contribution < 1.29 is 9.53 Å². The normalized spacial score (nSPS) is 17.6. The molecule has 0 bridgehead atoms. The van der Waals surface area contributed by atoms with Gasteiger partial charge in [-0.3, -0.25) is 4.79 Å². The summed E-state index contributed by atoms with van der Waals surface area (Å²) in [4.78, 5) is 16.9. The van der Waals surface area contributed by atoms with E-state index < -0.39 is 0 Å². The third-order valence-corrected chi connectivity index (χ3v) is 3.93. The summed E-state index contributed by atoms with van der Waals surface area (Å²) in [6.45, 7) is 15.7. The predicted molar refractivity (Wildman–Crippen MR) is 101 cm³/mol. The third kappa shape index (κ3) is 10.4. The molecule has 5 nitrogen and oxygen atoms in total. The van der Waals surface area contributed by atoms with Gasteiger partial charge in [-0.1, -0.05) is 27.7 Å². The van der Waals surface area contributed by atoms with Crippen LogP contribution >= 0.6 is 24.8 Å². The molecular weight excluding hydrogens is 337 g/mol. The summed E-state index contributed by atoms with van der Waals surface area (Å²) in [6.07, 6.45) is 0.534. The highest BCUT2D eigenvalue weighted by atomic mass is 35.5. The van der Waals surface area contributed by atoms with Gasteiger partial charge < -0.3 is 19.9 Å². The van der Waals surface area contributed by atoms with E-state index in [1.54, 1.807) is 0 Å². The Kier molecular flexibility index (Phi) is 15.6. The number of morpholine rings is 1. The highest BCUT2D eigenvalue weighted by Crippen LogP contribution is 2.08. The molecule has 1 aliphatic rings. The van der Waals surface area contributed by atoms with Gasteiger partial charge in [-0.2, -0.15) is 0 Å². The minimum Gasteiger partial charge on any atom is -0.375 e. The molecule has 140 valence electrons. The van der Waals surface area contributed by atoms with Crippen molar-refractivity contribution in [3.63, 3.8) is 0 Å². The first-order chi connectivity index (χ1) is 10.1.